The number of halogens is 1. The predicted molar refractivity (Wildman–Crippen MR) is 133 cm³/mol. The molecule has 2 aromatic carbocycles. The van der Waals surface area contributed by atoms with Crippen LogP contribution in [0.4, 0.5) is 0 Å². The number of carbonyl (C=O) groups is 2. The molecule has 0 aliphatic carbocycles. The Morgan fingerprint density at radius 2 is 1.69 bits per heavy atom. The molecule has 7 heteroatoms. The lowest BCUT2D eigenvalue weighted by molar-refractivity contribution is -0.139. The number of benzene rings is 2. The van der Waals surface area contributed by atoms with Gasteiger partial charge in [-0.1, -0.05) is 56.6 Å². The molecule has 0 spiro atoms. The van der Waals surface area contributed by atoms with Crippen LogP contribution < -0.4 is 10.1 Å². The Kier molecular flexibility index (Phi) is 10.9. The minimum atomic E-state index is -0.515. The quantitative estimate of drug-likeness (QED) is 0.459. The van der Waals surface area contributed by atoms with Crippen molar-refractivity contribution in [3.05, 3.63) is 64.7 Å². The van der Waals surface area contributed by atoms with Crippen molar-refractivity contribution in [2.24, 2.45) is 5.92 Å². The molecule has 0 saturated heterocycles. The highest BCUT2D eigenvalue weighted by Gasteiger charge is 2.28. The molecule has 0 heterocycles. The molecule has 1 atom stereocenters. The number of nitrogens with one attached hydrogen (secondary N) is 1. The Labute approximate surface area is 200 Å². The smallest absolute Gasteiger partial charge is 0.242 e. The van der Waals surface area contributed by atoms with Crippen LogP contribution in [0.25, 0.3) is 0 Å². The summed E-state index contributed by atoms with van der Waals surface area (Å²) in [7, 11) is 1.64. The van der Waals surface area contributed by atoms with Crippen molar-refractivity contribution in [2.75, 3.05) is 19.4 Å². The van der Waals surface area contributed by atoms with E-state index in [0.717, 1.165) is 16.9 Å². The second-order valence-corrected chi connectivity index (χ2v) is 9.47. The summed E-state index contributed by atoms with van der Waals surface area (Å²) in [5.74, 6) is 2.00. The molecule has 2 amide bonds. The van der Waals surface area contributed by atoms with Gasteiger partial charge in [-0.15, -0.1) is 11.8 Å². The zero-order valence-electron chi connectivity index (χ0n) is 19.3. The zero-order valence-corrected chi connectivity index (χ0v) is 20.8. The molecule has 5 nitrogen and oxygen atoms in total. The molecule has 32 heavy (non-hydrogen) atoms. The Morgan fingerprint density at radius 1 is 1.06 bits per heavy atom. The number of carbonyl (C=O) groups excluding carboxylic acids is 2. The largest absolute Gasteiger partial charge is 0.497 e. The van der Waals surface area contributed by atoms with E-state index in [-0.39, 0.29) is 11.8 Å². The van der Waals surface area contributed by atoms with Crippen LogP contribution >= 0.6 is 23.4 Å². The van der Waals surface area contributed by atoms with E-state index >= 15 is 0 Å². The second-order valence-electron chi connectivity index (χ2n) is 8.05. The van der Waals surface area contributed by atoms with Crippen molar-refractivity contribution >= 4 is 35.2 Å². The van der Waals surface area contributed by atoms with Gasteiger partial charge >= 0.3 is 0 Å². The fraction of sp³-hybridized carbons (Fsp3) is 0.440. The number of hydrogen-bond donors (Lipinski definition) is 1. The molecular weight excluding hydrogens is 444 g/mol. The van der Waals surface area contributed by atoms with Gasteiger partial charge in [0.25, 0.3) is 0 Å². The van der Waals surface area contributed by atoms with E-state index in [2.05, 4.69) is 5.32 Å². The molecule has 1 unspecified atom stereocenters. The molecule has 0 saturated carbocycles. The fourth-order valence-corrected chi connectivity index (χ4v) is 4.19. The Hall–Kier alpha value is -2.18. The molecule has 0 aliphatic heterocycles. The van der Waals surface area contributed by atoms with Gasteiger partial charge in [0, 0.05) is 23.9 Å². The summed E-state index contributed by atoms with van der Waals surface area (Å²) in [6.45, 7) is 6.99. The molecule has 0 radical (unpaired) electrons. The number of ether oxygens (including phenoxy) is 1. The van der Waals surface area contributed by atoms with Gasteiger partial charge < -0.3 is 15.0 Å². The standard InChI is InChI=1S/C25H33ClN2O3S/c1-5-23(25(30)27-14-18(2)3)28(15-19-6-10-21(26)11-7-19)24(29)17-32-16-20-8-12-22(31-4)13-9-20/h6-13,18,23H,5,14-17H2,1-4H3,(H,27,30). The van der Waals surface area contributed by atoms with E-state index in [4.69, 9.17) is 16.3 Å². The minimum absolute atomic E-state index is 0.0509. The average Bonchev–Trinajstić information content (AvgIpc) is 2.79. The first-order valence-corrected chi connectivity index (χ1v) is 12.4. The van der Waals surface area contributed by atoms with Gasteiger partial charge in [0.05, 0.1) is 12.9 Å². The topological polar surface area (TPSA) is 58.6 Å². The highest BCUT2D eigenvalue weighted by atomic mass is 35.5. The Morgan fingerprint density at radius 3 is 2.25 bits per heavy atom. The first-order valence-electron chi connectivity index (χ1n) is 10.9. The Bertz CT molecular complexity index is 856. The van der Waals surface area contributed by atoms with Gasteiger partial charge in [0.2, 0.25) is 11.8 Å². The van der Waals surface area contributed by atoms with Crippen LogP contribution in [-0.2, 0) is 21.9 Å². The lowest BCUT2D eigenvalue weighted by Crippen LogP contribution is -2.50. The van der Waals surface area contributed by atoms with E-state index < -0.39 is 6.04 Å². The first-order chi connectivity index (χ1) is 15.3. The number of thioether (sulfide) groups is 1. The van der Waals surface area contributed by atoms with E-state index in [1.165, 1.54) is 0 Å². The van der Waals surface area contributed by atoms with Gasteiger partial charge in [-0.2, -0.15) is 0 Å². The van der Waals surface area contributed by atoms with Crippen LogP contribution in [0.1, 0.15) is 38.3 Å². The van der Waals surface area contributed by atoms with Crippen molar-refractivity contribution in [2.45, 2.75) is 45.5 Å². The summed E-state index contributed by atoms with van der Waals surface area (Å²) in [6.07, 6.45) is 0.548. The first kappa shape index (κ1) is 26.1. The van der Waals surface area contributed by atoms with Crippen LogP contribution in [0.2, 0.25) is 5.02 Å². The lowest BCUT2D eigenvalue weighted by atomic mass is 10.1. The lowest BCUT2D eigenvalue weighted by Gasteiger charge is -2.31. The molecular formula is C25H33ClN2O3S. The molecule has 2 rings (SSSR count). The number of hydrogen-bond acceptors (Lipinski definition) is 4. The van der Waals surface area contributed by atoms with E-state index in [0.29, 0.717) is 42.0 Å². The summed E-state index contributed by atoms with van der Waals surface area (Å²) in [5.41, 5.74) is 2.06. The third-order valence-corrected chi connectivity index (χ3v) is 6.23. The van der Waals surface area contributed by atoms with Crippen molar-refractivity contribution in [3.8, 4) is 5.75 Å². The third-order valence-electron chi connectivity index (χ3n) is 4.99. The van der Waals surface area contributed by atoms with E-state index in [9.17, 15) is 9.59 Å². The SMILES string of the molecule is CCC(C(=O)NCC(C)C)N(Cc1ccc(Cl)cc1)C(=O)CSCc1ccc(OC)cc1. The summed E-state index contributed by atoms with van der Waals surface area (Å²) >= 11 is 7.55. The second kappa shape index (κ2) is 13.4. The summed E-state index contributed by atoms with van der Waals surface area (Å²) in [5, 5.41) is 3.63. The maximum absolute atomic E-state index is 13.2. The normalized spacial score (nSPS) is 11.8. The van der Waals surface area contributed by atoms with Crippen LogP contribution in [0.3, 0.4) is 0 Å². The molecule has 1 N–H and O–H groups in total. The fourth-order valence-electron chi connectivity index (χ4n) is 3.19. The van der Waals surface area contributed by atoms with Gasteiger partial charge in [-0.05, 0) is 47.7 Å². The predicted octanol–water partition coefficient (Wildman–Crippen LogP) is 5.16. The highest BCUT2D eigenvalue weighted by Crippen LogP contribution is 2.20. The van der Waals surface area contributed by atoms with Crippen LogP contribution in [0.5, 0.6) is 5.75 Å². The van der Waals surface area contributed by atoms with E-state index in [1.807, 2.05) is 57.2 Å². The third kappa shape index (κ3) is 8.40. The van der Waals surface area contributed by atoms with Crippen LogP contribution in [0.15, 0.2) is 48.5 Å². The average molecular weight is 477 g/mol. The van der Waals surface area contributed by atoms with Crippen molar-refractivity contribution in [1.82, 2.24) is 10.2 Å². The van der Waals surface area contributed by atoms with Crippen LogP contribution in [-0.4, -0.2) is 42.2 Å². The zero-order chi connectivity index (χ0) is 23.5. The monoisotopic (exact) mass is 476 g/mol. The van der Waals surface area contributed by atoms with E-state index in [1.54, 1.807) is 35.9 Å². The van der Waals surface area contributed by atoms with Crippen molar-refractivity contribution in [1.29, 1.82) is 0 Å². The molecule has 0 bridgehead atoms. The van der Waals surface area contributed by atoms with Gasteiger partial charge in [0.15, 0.2) is 0 Å². The number of amides is 2. The molecule has 0 fully saturated rings. The van der Waals surface area contributed by atoms with Crippen LogP contribution in [0, 0.1) is 5.92 Å². The summed E-state index contributed by atoms with van der Waals surface area (Å²) in [4.78, 5) is 27.8. The molecule has 0 aliphatic rings. The van der Waals surface area contributed by atoms with Gasteiger partial charge in [0.1, 0.15) is 11.8 Å². The number of rotatable bonds is 12. The van der Waals surface area contributed by atoms with Crippen molar-refractivity contribution in [3.63, 3.8) is 0 Å². The molecule has 2 aromatic rings. The maximum atomic E-state index is 13.2. The van der Waals surface area contributed by atoms with Crippen molar-refractivity contribution < 1.29 is 14.3 Å². The molecule has 174 valence electrons. The maximum Gasteiger partial charge on any atom is 0.242 e. The van der Waals surface area contributed by atoms with Gasteiger partial charge in [-0.25, -0.2) is 0 Å². The number of methoxy groups -OCH3 is 1. The Balaban J connectivity index is 2.09. The highest BCUT2D eigenvalue weighted by molar-refractivity contribution is 7.99. The molecule has 0 aromatic heterocycles. The van der Waals surface area contributed by atoms with Gasteiger partial charge in [-0.3, -0.25) is 9.59 Å². The number of nitrogens with zero attached hydrogens (tertiary/aromatic N) is 1. The summed E-state index contributed by atoms with van der Waals surface area (Å²) < 4.78 is 5.19. The summed E-state index contributed by atoms with van der Waals surface area (Å²) in [6, 6.07) is 14.7. The minimum Gasteiger partial charge on any atom is -0.497 e.